The molecule has 1 saturated carbocycles. The monoisotopic (exact) mass is 464 g/mol. The molecule has 0 N–H and O–H groups in total. The van der Waals surface area contributed by atoms with Gasteiger partial charge in [0.05, 0.1) is 11.3 Å². The summed E-state index contributed by atoms with van der Waals surface area (Å²) in [5.74, 6) is 2.68. The summed E-state index contributed by atoms with van der Waals surface area (Å²) in [5.41, 5.74) is 0.819. The number of piperidine rings is 1. The summed E-state index contributed by atoms with van der Waals surface area (Å²) in [7, 11) is 1.91. The van der Waals surface area contributed by atoms with Crippen LogP contribution in [0.4, 0.5) is 13.2 Å². The quantitative estimate of drug-likeness (QED) is 0.387. The van der Waals surface area contributed by atoms with E-state index in [-0.39, 0.29) is 5.41 Å². The molecule has 4 heterocycles. The van der Waals surface area contributed by atoms with Gasteiger partial charge in [0.2, 0.25) is 5.82 Å². The van der Waals surface area contributed by atoms with Crippen LogP contribution in [0.2, 0.25) is 0 Å². The summed E-state index contributed by atoms with van der Waals surface area (Å²) in [6.45, 7) is 4.65. The first kappa shape index (κ1) is 21.4. The third kappa shape index (κ3) is 3.81. The molecule has 0 amide bonds. The number of fused-ring (bicyclic) bond motifs is 1. The summed E-state index contributed by atoms with van der Waals surface area (Å²) >= 11 is 1.65. The lowest BCUT2D eigenvalue weighted by Gasteiger charge is -2.20. The van der Waals surface area contributed by atoms with Crippen molar-refractivity contribution in [3.05, 3.63) is 41.7 Å². The Morgan fingerprint density at radius 3 is 2.78 bits per heavy atom. The van der Waals surface area contributed by atoms with Gasteiger partial charge in [-0.15, -0.1) is 10.2 Å². The molecule has 11 heteroatoms. The number of aromatic nitrogens is 5. The molecule has 0 unspecified atom stereocenters. The lowest BCUT2D eigenvalue weighted by molar-refractivity contribution is -0.137. The van der Waals surface area contributed by atoms with Crippen molar-refractivity contribution in [2.45, 2.75) is 36.5 Å². The normalized spacial score (nSPS) is 23.0. The summed E-state index contributed by atoms with van der Waals surface area (Å²) in [6.07, 6.45) is 0.0213. The molecule has 0 spiro atoms. The van der Waals surface area contributed by atoms with Crippen LogP contribution < -0.4 is 0 Å². The van der Waals surface area contributed by atoms with Gasteiger partial charge in [-0.25, -0.2) is 4.98 Å². The molecular weight excluding hydrogens is 441 g/mol. The highest BCUT2D eigenvalue weighted by Crippen LogP contribution is 2.58. The van der Waals surface area contributed by atoms with E-state index in [4.69, 9.17) is 4.42 Å². The maximum Gasteiger partial charge on any atom is 0.417 e. The Bertz CT molecular complexity index is 1110. The number of aryl methyl sites for hydroxylation is 1. The Morgan fingerprint density at radius 2 is 2.09 bits per heavy atom. The van der Waals surface area contributed by atoms with Crippen LogP contribution in [0, 0.1) is 12.8 Å². The molecule has 0 radical (unpaired) electrons. The third-order valence-corrected chi connectivity index (χ3v) is 7.56. The molecule has 7 nitrogen and oxygen atoms in total. The Balaban J connectivity index is 1.12. The second-order valence-corrected chi connectivity index (χ2v) is 9.62. The highest BCUT2D eigenvalue weighted by molar-refractivity contribution is 7.99. The molecule has 0 aromatic carbocycles. The van der Waals surface area contributed by atoms with Gasteiger partial charge >= 0.3 is 6.18 Å². The average molecular weight is 465 g/mol. The number of rotatable bonds is 7. The fraction of sp³-hybridized carbons (Fsp3) is 0.524. The van der Waals surface area contributed by atoms with Crippen molar-refractivity contribution in [1.29, 1.82) is 0 Å². The SMILES string of the molecule is Cc1ncoc1-c1nnc(SCCCN2C[C@@H]3C[C@]3(c3ccc(C(F)(F)F)cn3)C2)n1C. The van der Waals surface area contributed by atoms with E-state index in [2.05, 4.69) is 25.1 Å². The standard InChI is InChI=1S/C21H23F3N6OS/c1-13-17(31-12-26-13)18-27-28-19(29(18)2)32-7-3-6-30-10-15-8-20(15,11-30)16-5-4-14(9-25-16)21(22,23)24/h4-5,9,12,15H,3,6-8,10-11H2,1-2H3/t15-,20-/m0/s1. The van der Waals surface area contributed by atoms with E-state index in [1.807, 2.05) is 18.5 Å². The van der Waals surface area contributed by atoms with E-state index in [0.29, 0.717) is 17.5 Å². The van der Waals surface area contributed by atoms with Gasteiger partial charge in [-0.05, 0) is 44.4 Å². The maximum atomic E-state index is 12.8. The van der Waals surface area contributed by atoms with Gasteiger partial charge in [-0.3, -0.25) is 4.98 Å². The number of oxazole rings is 1. The number of thioether (sulfide) groups is 1. The summed E-state index contributed by atoms with van der Waals surface area (Å²) in [6, 6.07) is 2.71. The van der Waals surface area contributed by atoms with Crippen LogP contribution in [0.1, 0.15) is 29.8 Å². The molecule has 5 rings (SSSR count). The summed E-state index contributed by atoms with van der Waals surface area (Å²) in [4.78, 5) is 10.7. The smallest absolute Gasteiger partial charge is 0.417 e. The molecule has 1 saturated heterocycles. The number of hydrogen-bond donors (Lipinski definition) is 0. The second kappa shape index (κ2) is 7.87. The van der Waals surface area contributed by atoms with Crippen molar-refractivity contribution in [2.24, 2.45) is 13.0 Å². The van der Waals surface area contributed by atoms with Crippen LogP contribution >= 0.6 is 11.8 Å². The first-order chi connectivity index (χ1) is 15.3. The molecule has 1 aliphatic carbocycles. The number of nitrogens with zero attached hydrogens (tertiary/aromatic N) is 6. The van der Waals surface area contributed by atoms with Gasteiger partial charge < -0.3 is 13.9 Å². The lowest BCUT2D eigenvalue weighted by atomic mass is 10.00. The number of hydrogen-bond acceptors (Lipinski definition) is 7. The minimum Gasteiger partial charge on any atom is -0.440 e. The highest BCUT2D eigenvalue weighted by atomic mass is 32.2. The Labute approximate surface area is 187 Å². The molecule has 32 heavy (non-hydrogen) atoms. The number of pyridine rings is 1. The minimum absolute atomic E-state index is 0.0648. The van der Waals surface area contributed by atoms with Crippen molar-refractivity contribution in [2.75, 3.05) is 25.4 Å². The molecule has 3 aromatic heterocycles. The fourth-order valence-corrected chi connectivity index (χ4v) is 5.45. The molecule has 1 aliphatic heterocycles. The largest absolute Gasteiger partial charge is 0.440 e. The van der Waals surface area contributed by atoms with Gasteiger partial charge in [0.25, 0.3) is 0 Å². The molecule has 170 valence electrons. The first-order valence-electron chi connectivity index (χ1n) is 10.5. The van der Waals surface area contributed by atoms with Gasteiger partial charge in [-0.1, -0.05) is 11.8 Å². The Morgan fingerprint density at radius 1 is 1.25 bits per heavy atom. The van der Waals surface area contributed by atoms with Gasteiger partial charge in [0.1, 0.15) is 0 Å². The van der Waals surface area contributed by atoms with Crippen molar-refractivity contribution in [3.63, 3.8) is 0 Å². The van der Waals surface area contributed by atoms with Crippen molar-refractivity contribution >= 4 is 11.8 Å². The van der Waals surface area contributed by atoms with E-state index in [1.165, 1.54) is 6.39 Å². The molecule has 3 aromatic rings. The van der Waals surface area contributed by atoms with E-state index in [9.17, 15) is 13.2 Å². The molecule has 2 aliphatic rings. The topological polar surface area (TPSA) is 72.9 Å². The van der Waals surface area contributed by atoms with Crippen LogP contribution in [0.3, 0.4) is 0 Å². The zero-order valence-corrected chi connectivity index (χ0v) is 18.6. The van der Waals surface area contributed by atoms with Crippen molar-refractivity contribution < 1.29 is 17.6 Å². The first-order valence-corrected chi connectivity index (χ1v) is 11.5. The number of likely N-dealkylation sites (tertiary alicyclic amines) is 1. The van der Waals surface area contributed by atoms with Crippen molar-refractivity contribution in [1.82, 2.24) is 29.6 Å². The van der Waals surface area contributed by atoms with E-state index >= 15 is 0 Å². The summed E-state index contributed by atoms with van der Waals surface area (Å²) in [5, 5.41) is 9.31. The highest BCUT2D eigenvalue weighted by Gasteiger charge is 2.61. The van der Waals surface area contributed by atoms with Crippen molar-refractivity contribution in [3.8, 4) is 11.6 Å². The van der Waals surface area contributed by atoms with Crippen LogP contribution in [0.5, 0.6) is 0 Å². The van der Waals surface area contributed by atoms with E-state index in [0.717, 1.165) is 67.0 Å². The third-order valence-electron chi connectivity index (χ3n) is 6.45. The fourth-order valence-electron chi connectivity index (χ4n) is 4.62. The zero-order chi connectivity index (χ0) is 22.5. The summed E-state index contributed by atoms with van der Waals surface area (Å²) < 4.78 is 45.7. The van der Waals surface area contributed by atoms with Gasteiger partial charge in [0, 0.05) is 43.2 Å². The Kier molecular flexibility index (Phi) is 5.28. The van der Waals surface area contributed by atoms with Gasteiger partial charge in [0.15, 0.2) is 17.3 Å². The van der Waals surface area contributed by atoms with Crippen LogP contribution in [-0.2, 0) is 18.6 Å². The predicted octanol–water partition coefficient (Wildman–Crippen LogP) is 3.95. The number of alkyl halides is 3. The number of halogens is 3. The van der Waals surface area contributed by atoms with Crippen LogP contribution in [0.25, 0.3) is 11.6 Å². The zero-order valence-electron chi connectivity index (χ0n) is 17.8. The predicted molar refractivity (Wildman–Crippen MR) is 112 cm³/mol. The average Bonchev–Trinajstić information content (AvgIpc) is 3.05. The van der Waals surface area contributed by atoms with Gasteiger partial charge in [-0.2, -0.15) is 13.2 Å². The second-order valence-electron chi connectivity index (χ2n) is 8.56. The Hall–Kier alpha value is -2.40. The molecule has 0 bridgehead atoms. The van der Waals surface area contributed by atoms with Crippen LogP contribution in [-0.4, -0.2) is 55.0 Å². The van der Waals surface area contributed by atoms with E-state index in [1.54, 1.807) is 17.8 Å². The lowest BCUT2D eigenvalue weighted by Crippen LogP contribution is -2.28. The molecular formula is C21H23F3N6OS. The molecule has 2 fully saturated rings. The molecule has 2 atom stereocenters. The van der Waals surface area contributed by atoms with Crippen LogP contribution in [0.15, 0.2) is 34.3 Å². The van der Waals surface area contributed by atoms with E-state index < -0.39 is 11.7 Å². The minimum atomic E-state index is -4.34. The maximum absolute atomic E-state index is 12.8.